The van der Waals surface area contributed by atoms with Crippen molar-refractivity contribution in [3.63, 3.8) is 0 Å². The van der Waals surface area contributed by atoms with E-state index in [1.165, 1.54) is 6.07 Å². The lowest BCUT2D eigenvalue weighted by atomic mass is 10.1. The Labute approximate surface area is 115 Å². The van der Waals surface area contributed by atoms with E-state index in [0.29, 0.717) is 12.1 Å². The first-order chi connectivity index (χ1) is 9.95. The Morgan fingerprint density at radius 3 is 2.52 bits per heavy atom. The van der Waals surface area contributed by atoms with Gasteiger partial charge in [-0.15, -0.1) is 0 Å². The molecule has 21 heavy (non-hydrogen) atoms. The summed E-state index contributed by atoms with van der Waals surface area (Å²) in [5.74, 6) is -4.78. The highest BCUT2D eigenvalue weighted by Gasteiger charge is 2.20. The van der Waals surface area contributed by atoms with Crippen LogP contribution >= 0.6 is 0 Å². The van der Waals surface area contributed by atoms with Crippen molar-refractivity contribution in [2.24, 2.45) is 0 Å². The smallest absolute Gasteiger partial charge is 0.336 e. The van der Waals surface area contributed by atoms with E-state index in [4.69, 9.17) is 9.52 Å². The van der Waals surface area contributed by atoms with Crippen LogP contribution in [-0.4, -0.2) is 16.1 Å². The van der Waals surface area contributed by atoms with Gasteiger partial charge in [0.1, 0.15) is 11.3 Å². The number of aromatic carboxylic acids is 1. The van der Waals surface area contributed by atoms with Crippen LogP contribution in [0.15, 0.2) is 34.7 Å². The molecule has 0 saturated carbocycles. The molecule has 0 bridgehead atoms. The van der Waals surface area contributed by atoms with Gasteiger partial charge in [-0.05, 0) is 24.3 Å². The van der Waals surface area contributed by atoms with E-state index < -0.39 is 29.0 Å². The minimum atomic E-state index is -1.46. The van der Waals surface area contributed by atoms with Crippen LogP contribution in [-0.2, 0) is 0 Å². The third kappa shape index (κ3) is 2.22. The number of benzene rings is 2. The van der Waals surface area contributed by atoms with Crippen LogP contribution < -0.4 is 0 Å². The van der Waals surface area contributed by atoms with Crippen molar-refractivity contribution in [2.75, 3.05) is 0 Å². The molecule has 0 aliphatic rings. The summed E-state index contributed by atoms with van der Waals surface area (Å²) in [7, 11) is 0. The number of hydrogen-bond acceptors (Lipinski definition) is 3. The maximum absolute atomic E-state index is 13.3. The highest BCUT2D eigenvalue weighted by atomic mass is 19.2. The predicted octanol–water partition coefficient (Wildman–Crippen LogP) is 3.61. The fourth-order valence-electron chi connectivity index (χ4n) is 1.91. The number of hydrogen-bond donors (Lipinski definition) is 1. The van der Waals surface area contributed by atoms with Crippen molar-refractivity contribution >= 4 is 17.1 Å². The van der Waals surface area contributed by atoms with Crippen LogP contribution in [0, 0.1) is 17.5 Å². The molecule has 0 amide bonds. The summed E-state index contributed by atoms with van der Waals surface area (Å²) in [6.45, 7) is 0. The molecule has 0 spiro atoms. The van der Waals surface area contributed by atoms with Gasteiger partial charge in [0.25, 0.3) is 0 Å². The summed E-state index contributed by atoms with van der Waals surface area (Å²) in [5.41, 5.74) is -0.377. The second-order valence-corrected chi connectivity index (χ2v) is 4.25. The zero-order chi connectivity index (χ0) is 15.1. The van der Waals surface area contributed by atoms with Gasteiger partial charge in [0, 0.05) is 6.07 Å². The summed E-state index contributed by atoms with van der Waals surface area (Å²) in [6, 6.07) is 4.77. The molecule has 0 aliphatic heterocycles. The lowest BCUT2D eigenvalue weighted by Crippen LogP contribution is -2.02. The second kappa shape index (κ2) is 4.62. The molecule has 3 rings (SSSR count). The van der Waals surface area contributed by atoms with E-state index in [1.54, 1.807) is 0 Å². The fraction of sp³-hybridized carbons (Fsp3) is 0. The first kappa shape index (κ1) is 13.2. The van der Waals surface area contributed by atoms with Crippen LogP contribution in [0.1, 0.15) is 10.4 Å². The quantitative estimate of drug-likeness (QED) is 0.784. The molecular formula is C14H6F3NO3. The molecule has 1 aromatic heterocycles. The molecule has 1 N–H and O–H groups in total. The zero-order valence-electron chi connectivity index (χ0n) is 10.2. The number of aromatic nitrogens is 1. The maximum atomic E-state index is 13.3. The number of rotatable bonds is 2. The molecule has 3 aromatic rings. The van der Waals surface area contributed by atoms with Gasteiger partial charge in [0.05, 0.1) is 11.1 Å². The average molecular weight is 293 g/mol. The molecule has 0 saturated heterocycles. The predicted molar refractivity (Wildman–Crippen MR) is 66.3 cm³/mol. The normalized spacial score (nSPS) is 11.0. The molecule has 2 aromatic carbocycles. The Bertz CT molecular complexity index is 873. The molecule has 0 radical (unpaired) electrons. The van der Waals surface area contributed by atoms with E-state index in [2.05, 4.69) is 4.98 Å². The van der Waals surface area contributed by atoms with Gasteiger partial charge in [-0.1, -0.05) is 0 Å². The first-order valence-electron chi connectivity index (χ1n) is 5.74. The molecule has 0 aliphatic carbocycles. The Balaban J connectivity index is 2.26. The summed E-state index contributed by atoms with van der Waals surface area (Å²) in [6.07, 6.45) is 0. The van der Waals surface area contributed by atoms with Gasteiger partial charge >= 0.3 is 5.97 Å². The number of carboxylic acids is 1. The highest BCUT2D eigenvalue weighted by Crippen LogP contribution is 2.29. The van der Waals surface area contributed by atoms with Crippen molar-refractivity contribution < 1.29 is 27.5 Å². The topological polar surface area (TPSA) is 63.3 Å². The van der Waals surface area contributed by atoms with Gasteiger partial charge in [-0.3, -0.25) is 0 Å². The molecule has 1 heterocycles. The summed E-state index contributed by atoms with van der Waals surface area (Å²) >= 11 is 0. The van der Waals surface area contributed by atoms with Crippen molar-refractivity contribution in [2.45, 2.75) is 0 Å². The Hall–Kier alpha value is -2.83. The van der Waals surface area contributed by atoms with Crippen molar-refractivity contribution in [3.8, 4) is 11.5 Å². The minimum Gasteiger partial charge on any atom is -0.478 e. The van der Waals surface area contributed by atoms with E-state index >= 15 is 0 Å². The van der Waals surface area contributed by atoms with Crippen molar-refractivity contribution in [3.05, 3.63) is 53.3 Å². The third-order valence-electron chi connectivity index (χ3n) is 2.87. The summed E-state index contributed by atoms with van der Waals surface area (Å²) in [4.78, 5) is 15.1. The van der Waals surface area contributed by atoms with Gasteiger partial charge in [-0.25, -0.2) is 22.9 Å². The van der Waals surface area contributed by atoms with Crippen LogP contribution in [0.2, 0.25) is 0 Å². The second-order valence-electron chi connectivity index (χ2n) is 4.25. The van der Waals surface area contributed by atoms with Crippen molar-refractivity contribution in [1.82, 2.24) is 4.98 Å². The SMILES string of the molecule is O=C(O)c1cc(F)c(F)cc1-c1nc2ccc(F)cc2o1. The minimum absolute atomic E-state index is 0.0751. The molecule has 0 atom stereocenters. The number of fused-ring (bicyclic) bond motifs is 1. The largest absolute Gasteiger partial charge is 0.478 e. The molecular weight excluding hydrogens is 287 g/mol. The van der Waals surface area contributed by atoms with Gasteiger partial charge in [-0.2, -0.15) is 0 Å². The molecule has 7 heteroatoms. The monoisotopic (exact) mass is 293 g/mol. The van der Waals surface area contributed by atoms with Crippen LogP contribution in [0.3, 0.4) is 0 Å². The Morgan fingerprint density at radius 1 is 1.10 bits per heavy atom. The Morgan fingerprint density at radius 2 is 1.81 bits per heavy atom. The standard InChI is InChI=1S/C14H6F3NO3/c15-6-1-2-11-12(3-6)21-13(18-11)7-4-9(16)10(17)5-8(7)14(19)20/h1-5H,(H,19,20). The average Bonchev–Trinajstić information content (AvgIpc) is 2.83. The summed E-state index contributed by atoms with van der Waals surface area (Å²) in [5, 5.41) is 9.04. The van der Waals surface area contributed by atoms with Gasteiger partial charge < -0.3 is 9.52 Å². The van der Waals surface area contributed by atoms with E-state index in [0.717, 1.165) is 12.1 Å². The number of halogens is 3. The number of carboxylic acid groups (broad SMARTS) is 1. The van der Waals surface area contributed by atoms with Crippen LogP contribution in [0.25, 0.3) is 22.6 Å². The van der Waals surface area contributed by atoms with Crippen molar-refractivity contribution in [1.29, 1.82) is 0 Å². The van der Waals surface area contributed by atoms with Gasteiger partial charge in [0.2, 0.25) is 5.89 Å². The zero-order valence-corrected chi connectivity index (χ0v) is 10.2. The maximum Gasteiger partial charge on any atom is 0.336 e. The highest BCUT2D eigenvalue weighted by molar-refractivity contribution is 5.95. The van der Waals surface area contributed by atoms with Crippen LogP contribution in [0.4, 0.5) is 13.2 Å². The fourth-order valence-corrected chi connectivity index (χ4v) is 1.91. The molecule has 0 fully saturated rings. The van der Waals surface area contributed by atoms with Crippen LogP contribution in [0.5, 0.6) is 0 Å². The number of nitrogens with zero attached hydrogens (tertiary/aromatic N) is 1. The molecule has 106 valence electrons. The number of oxazole rings is 1. The van der Waals surface area contributed by atoms with E-state index in [9.17, 15) is 18.0 Å². The van der Waals surface area contributed by atoms with E-state index in [1.807, 2.05) is 0 Å². The molecule has 0 unspecified atom stereocenters. The van der Waals surface area contributed by atoms with Gasteiger partial charge in [0.15, 0.2) is 17.2 Å². The summed E-state index contributed by atoms with van der Waals surface area (Å²) < 4.78 is 44.8. The third-order valence-corrected chi connectivity index (χ3v) is 2.87. The Kier molecular flexibility index (Phi) is 2.90. The lowest BCUT2D eigenvalue weighted by Gasteiger charge is -2.03. The first-order valence-corrected chi connectivity index (χ1v) is 5.74. The molecule has 4 nitrogen and oxygen atoms in total. The number of carbonyl (C=O) groups is 1. The van der Waals surface area contributed by atoms with E-state index in [-0.39, 0.29) is 22.6 Å². The lowest BCUT2D eigenvalue weighted by molar-refractivity contribution is 0.0697.